The molecule has 0 aliphatic heterocycles. The van der Waals surface area contributed by atoms with Gasteiger partial charge in [0.25, 0.3) is 0 Å². The molecule has 0 bridgehead atoms. The topological polar surface area (TPSA) is 54.7 Å². The lowest BCUT2D eigenvalue weighted by Gasteiger charge is -2.13. The molecule has 0 amide bonds. The van der Waals surface area contributed by atoms with Gasteiger partial charge in [0, 0.05) is 24.2 Å². The van der Waals surface area contributed by atoms with Crippen LogP contribution in [0.2, 0.25) is 0 Å². The van der Waals surface area contributed by atoms with Gasteiger partial charge in [0.1, 0.15) is 23.7 Å². The average molecular weight is 405 g/mol. The van der Waals surface area contributed by atoms with Gasteiger partial charge >= 0.3 is 0 Å². The third-order valence-electron chi connectivity index (χ3n) is 4.93. The van der Waals surface area contributed by atoms with E-state index in [4.69, 9.17) is 4.74 Å². The van der Waals surface area contributed by atoms with Crippen LogP contribution < -0.4 is 10.1 Å². The molecule has 0 radical (unpaired) electrons. The summed E-state index contributed by atoms with van der Waals surface area (Å²) in [4.78, 5) is 2.14. The number of benzene rings is 2. The zero-order valence-corrected chi connectivity index (χ0v) is 17.3. The minimum absolute atomic E-state index is 0.280. The third-order valence-corrected chi connectivity index (χ3v) is 4.93. The van der Waals surface area contributed by atoms with Gasteiger partial charge in [-0.15, -0.1) is 10.2 Å². The molecule has 7 heteroatoms. The predicted octanol–water partition coefficient (Wildman–Crippen LogP) is 4.22. The van der Waals surface area contributed by atoms with Crippen LogP contribution in [0.1, 0.15) is 11.1 Å². The molecule has 0 atom stereocenters. The molecule has 2 heterocycles. The van der Waals surface area contributed by atoms with Crippen LogP contribution in [0.4, 0.5) is 10.2 Å². The quantitative estimate of drug-likeness (QED) is 0.499. The highest BCUT2D eigenvalue weighted by Gasteiger charge is 2.11. The first-order chi connectivity index (χ1) is 14.5. The van der Waals surface area contributed by atoms with E-state index in [0.717, 1.165) is 29.1 Å². The second kappa shape index (κ2) is 8.51. The molecule has 0 spiro atoms. The highest BCUT2D eigenvalue weighted by molar-refractivity contribution is 5.79. The molecule has 30 heavy (non-hydrogen) atoms. The molecule has 4 rings (SSSR count). The van der Waals surface area contributed by atoms with E-state index in [-0.39, 0.29) is 5.82 Å². The predicted molar refractivity (Wildman–Crippen MR) is 116 cm³/mol. The van der Waals surface area contributed by atoms with Gasteiger partial charge in [-0.3, -0.25) is 4.40 Å². The van der Waals surface area contributed by atoms with Crippen molar-refractivity contribution >= 4 is 11.5 Å². The number of nitrogens with one attached hydrogen (secondary N) is 1. The molecular formula is C23H24FN5O. The van der Waals surface area contributed by atoms with Crippen LogP contribution in [0.15, 0.2) is 60.9 Å². The second-order valence-electron chi connectivity index (χ2n) is 7.40. The molecule has 0 fully saturated rings. The van der Waals surface area contributed by atoms with Crippen molar-refractivity contribution in [1.82, 2.24) is 19.5 Å². The van der Waals surface area contributed by atoms with E-state index in [0.29, 0.717) is 17.9 Å². The standard InChI is InChI=1S/C23H24FN5O/c1-28(2)14-16-4-6-17(7-5-16)20-9-11-22(29-15-26-27-23(20)29)25-13-18-12-19(30-3)8-10-21(18)24/h4-12,15,25H,13-14H2,1-3H3. The Morgan fingerprint density at radius 1 is 1.07 bits per heavy atom. The Balaban J connectivity index is 1.60. The average Bonchev–Trinajstić information content (AvgIpc) is 3.23. The van der Waals surface area contributed by atoms with Gasteiger partial charge in [0.15, 0.2) is 5.65 Å². The fourth-order valence-corrected chi connectivity index (χ4v) is 3.44. The maximum Gasteiger partial charge on any atom is 0.170 e. The van der Waals surface area contributed by atoms with E-state index in [9.17, 15) is 4.39 Å². The van der Waals surface area contributed by atoms with Crippen LogP contribution in [0.5, 0.6) is 5.75 Å². The molecular weight excluding hydrogens is 381 g/mol. The van der Waals surface area contributed by atoms with Gasteiger partial charge in [-0.25, -0.2) is 4.39 Å². The molecule has 4 aromatic rings. The van der Waals surface area contributed by atoms with Gasteiger partial charge in [-0.1, -0.05) is 24.3 Å². The van der Waals surface area contributed by atoms with Crippen molar-refractivity contribution in [2.45, 2.75) is 13.1 Å². The first-order valence-corrected chi connectivity index (χ1v) is 9.68. The van der Waals surface area contributed by atoms with Crippen molar-refractivity contribution < 1.29 is 9.13 Å². The molecule has 0 saturated carbocycles. The third kappa shape index (κ3) is 4.11. The number of anilines is 1. The first kappa shape index (κ1) is 19.8. The zero-order chi connectivity index (χ0) is 21.1. The summed E-state index contributed by atoms with van der Waals surface area (Å²) >= 11 is 0. The number of halogens is 1. The maximum atomic E-state index is 14.1. The number of hydrogen-bond acceptors (Lipinski definition) is 5. The molecule has 0 unspecified atom stereocenters. The Kier molecular flexibility index (Phi) is 5.63. The molecule has 0 aliphatic rings. The number of rotatable bonds is 7. The van der Waals surface area contributed by atoms with E-state index < -0.39 is 0 Å². The summed E-state index contributed by atoms with van der Waals surface area (Å²) in [7, 11) is 5.67. The first-order valence-electron chi connectivity index (χ1n) is 9.68. The normalized spacial score (nSPS) is 11.2. The molecule has 2 aromatic carbocycles. The fraction of sp³-hybridized carbons (Fsp3) is 0.217. The number of fused-ring (bicyclic) bond motifs is 1. The smallest absolute Gasteiger partial charge is 0.170 e. The van der Waals surface area contributed by atoms with Crippen molar-refractivity contribution in [3.05, 3.63) is 77.9 Å². The summed E-state index contributed by atoms with van der Waals surface area (Å²) < 4.78 is 21.2. The number of aromatic nitrogens is 3. The van der Waals surface area contributed by atoms with E-state index in [2.05, 4.69) is 58.8 Å². The van der Waals surface area contributed by atoms with Gasteiger partial charge < -0.3 is 15.0 Å². The van der Waals surface area contributed by atoms with Crippen molar-refractivity contribution in [1.29, 1.82) is 0 Å². The Morgan fingerprint density at radius 2 is 1.87 bits per heavy atom. The summed E-state index contributed by atoms with van der Waals surface area (Å²) in [6.07, 6.45) is 1.66. The number of hydrogen-bond donors (Lipinski definition) is 1. The van der Waals surface area contributed by atoms with Crippen molar-refractivity contribution in [3.63, 3.8) is 0 Å². The van der Waals surface area contributed by atoms with E-state index in [1.165, 1.54) is 11.6 Å². The van der Waals surface area contributed by atoms with Crippen LogP contribution in [0.3, 0.4) is 0 Å². The summed E-state index contributed by atoms with van der Waals surface area (Å²) in [5.74, 6) is 1.12. The van der Waals surface area contributed by atoms with Crippen molar-refractivity contribution in [2.75, 3.05) is 26.5 Å². The number of pyridine rings is 1. The van der Waals surface area contributed by atoms with E-state index in [1.807, 2.05) is 16.5 Å². The highest BCUT2D eigenvalue weighted by Crippen LogP contribution is 2.27. The summed E-state index contributed by atoms with van der Waals surface area (Å²) in [6.45, 7) is 1.21. The summed E-state index contributed by atoms with van der Waals surface area (Å²) in [6, 6.07) is 17.1. The van der Waals surface area contributed by atoms with Crippen molar-refractivity contribution in [3.8, 4) is 16.9 Å². The lowest BCUT2D eigenvalue weighted by molar-refractivity contribution is 0.402. The van der Waals surface area contributed by atoms with Gasteiger partial charge in [0.2, 0.25) is 0 Å². The van der Waals surface area contributed by atoms with Gasteiger partial charge in [0.05, 0.1) is 7.11 Å². The Bertz CT molecular complexity index is 1150. The highest BCUT2D eigenvalue weighted by atomic mass is 19.1. The minimum atomic E-state index is -0.280. The molecule has 2 aromatic heterocycles. The zero-order valence-electron chi connectivity index (χ0n) is 17.3. The number of ether oxygens (including phenoxy) is 1. The van der Waals surface area contributed by atoms with Crippen LogP contribution >= 0.6 is 0 Å². The maximum absolute atomic E-state index is 14.1. The Hall–Kier alpha value is -3.45. The largest absolute Gasteiger partial charge is 0.497 e. The van der Waals surface area contributed by atoms with Gasteiger partial charge in [-0.05, 0) is 55.6 Å². The number of methoxy groups -OCH3 is 1. The minimum Gasteiger partial charge on any atom is -0.497 e. The second-order valence-corrected chi connectivity index (χ2v) is 7.40. The molecule has 154 valence electrons. The van der Waals surface area contributed by atoms with Crippen LogP contribution in [-0.2, 0) is 13.1 Å². The Labute approximate surface area is 174 Å². The van der Waals surface area contributed by atoms with Crippen LogP contribution in [-0.4, -0.2) is 40.7 Å². The van der Waals surface area contributed by atoms with Crippen LogP contribution in [0, 0.1) is 5.82 Å². The fourth-order valence-electron chi connectivity index (χ4n) is 3.44. The van der Waals surface area contributed by atoms with Crippen LogP contribution in [0.25, 0.3) is 16.8 Å². The SMILES string of the molecule is COc1ccc(F)c(CNc2ccc(-c3ccc(CN(C)C)cc3)c3nncn23)c1. The lowest BCUT2D eigenvalue weighted by atomic mass is 10.0. The molecule has 6 nitrogen and oxygen atoms in total. The molecule has 1 N–H and O–H groups in total. The Morgan fingerprint density at radius 3 is 2.60 bits per heavy atom. The summed E-state index contributed by atoms with van der Waals surface area (Å²) in [5, 5.41) is 11.6. The van der Waals surface area contributed by atoms with Crippen molar-refractivity contribution in [2.24, 2.45) is 0 Å². The molecule has 0 aliphatic carbocycles. The monoisotopic (exact) mass is 405 g/mol. The van der Waals surface area contributed by atoms with E-state index >= 15 is 0 Å². The molecule has 0 saturated heterocycles. The van der Waals surface area contributed by atoms with Gasteiger partial charge in [-0.2, -0.15) is 0 Å². The summed E-state index contributed by atoms with van der Waals surface area (Å²) in [5.41, 5.74) is 4.57. The number of nitrogens with zero attached hydrogens (tertiary/aromatic N) is 4. The van der Waals surface area contributed by atoms with E-state index in [1.54, 1.807) is 25.6 Å². The lowest BCUT2D eigenvalue weighted by Crippen LogP contribution is -2.10.